The number of hydrogen-bond acceptors (Lipinski definition) is 3. The van der Waals surface area contributed by atoms with Gasteiger partial charge in [0.1, 0.15) is 5.82 Å². The Labute approximate surface area is 79.1 Å². The van der Waals surface area contributed by atoms with Crippen LogP contribution in [-0.4, -0.2) is 22.9 Å². The van der Waals surface area contributed by atoms with Crippen molar-refractivity contribution in [3.63, 3.8) is 0 Å². The number of rotatable bonds is 3. The van der Waals surface area contributed by atoms with Crippen LogP contribution >= 0.6 is 11.6 Å². The molecule has 1 heterocycles. The summed E-state index contributed by atoms with van der Waals surface area (Å²) in [6.45, 7) is 1.27. The van der Waals surface area contributed by atoms with Crippen molar-refractivity contribution in [2.45, 2.75) is 13.3 Å². The Morgan fingerprint density at radius 3 is 2.77 bits per heavy atom. The van der Waals surface area contributed by atoms with Crippen LogP contribution in [0.15, 0.2) is 6.07 Å². The monoisotopic (exact) mass is 207 g/mol. The first-order valence-electron chi connectivity index (χ1n) is 3.61. The van der Waals surface area contributed by atoms with Crippen LogP contribution in [0.1, 0.15) is 5.69 Å². The van der Waals surface area contributed by atoms with E-state index in [1.54, 1.807) is 13.0 Å². The van der Waals surface area contributed by atoms with Crippen molar-refractivity contribution in [2.75, 3.05) is 11.9 Å². The SMILES string of the molecule is Cc1cc(NCC(F)F)nc(Cl)n1. The molecule has 1 aromatic rings. The Morgan fingerprint density at radius 1 is 1.54 bits per heavy atom. The van der Waals surface area contributed by atoms with E-state index in [1.165, 1.54) is 0 Å². The molecule has 0 amide bonds. The van der Waals surface area contributed by atoms with E-state index in [0.717, 1.165) is 0 Å². The van der Waals surface area contributed by atoms with Crippen LogP contribution in [-0.2, 0) is 0 Å². The lowest BCUT2D eigenvalue weighted by Gasteiger charge is -2.04. The summed E-state index contributed by atoms with van der Waals surface area (Å²) in [5.41, 5.74) is 0.636. The van der Waals surface area contributed by atoms with Crippen LogP contribution < -0.4 is 5.32 Å². The number of anilines is 1. The van der Waals surface area contributed by atoms with E-state index < -0.39 is 13.0 Å². The molecule has 0 bridgehead atoms. The highest BCUT2D eigenvalue weighted by Gasteiger charge is 2.03. The number of nitrogens with zero attached hydrogens (tertiary/aromatic N) is 2. The number of halogens is 3. The van der Waals surface area contributed by atoms with Crippen molar-refractivity contribution in [2.24, 2.45) is 0 Å². The van der Waals surface area contributed by atoms with Crippen molar-refractivity contribution >= 4 is 17.4 Å². The average molecular weight is 208 g/mol. The van der Waals surface area contributed by atoms with Gasteiger partial charge in [0.2, 0.25) is 5.28 Å². The van der Waals surface area contributed by atoms with Gasteiger partial charge in [-0.25, -0.2) is 18.7 Å². The first-order chi connectivity index (χ1) is 6.08. The highest BCUT2D eigenvalue weighted by Crippen LogP contribution is 2.09. The highest BCUT2D eigenvalue weighted by molar-refractivity contribution is 6.28. The maximum atomic E-state index is 11.8. The molecule has 0 saturated carbocycles. The molecule has 0 saturated heterocycles. The fourth-order valence-corrected chi connectivity index (χ4v) is 1.03. The first kappa shape index (κ1) is 10.1. The van der Waals surface area contributed by atoms with Gasteiger partial charge in [0, 0.05) is 11.8 Å². The predicted molar refractivity (Wildman–Crippen MR) is 46.3 cm³/mol. The molecule has 0 fully saturated rings. The molecule has 1 N–H and O–H groups in total. The van der Waals surface area contributed by atoms with E-state index >= 15 is 0 Å². The van der Waals surface area contributed by atoms with Crippen LogP contribution in [0.2, 0.25) is 5.28 Å². The topological polar surface area (TPSA) is 37.8 Å². The molecular weight excluding hydrogens is 200 g/mol. The summed E-state index contributed by atoms with van der Waals surface area (Å²) in [6.07, 6.45) is -2.41. The van der Waals surface area contributed by atoms with Gasteiger partial charge in [-0.2, -0.15) is 0 Å². The van der Waals surface area contributed by atoms with Crippen molar-refractivity contribution in [3.8, 4) is 0 Å². The molecule has 6 heteroatoms. The van der Waals surface area contributed by atoms with Gasteiger partial charge < -0.3 is 5.32 Å². The fourth-order valence-electron chi connectivity index (χ4n) is 0.805. The molecular formula is C7H8ClF2N3. The zero-order valence-corrected chi connectivity index (χ0v) is 7.65. The number of alkyl halides is 2. The maximum absolute atomic E-state index is 11.8. The number of nitrogens with one attached hydrogen (secondary N) is 1. The third-order valence-electron chi connectivity index (χ3n) is 1.26. The van der Waals surface area contributed by atoms with E-state index in [1.807, 2.05) is 0 Å². The molecule has 3 nitrogen and oxygen atoms in total. The molecule has 0 aromatic carbocycles. The molecule has 0 atom stereocenters. The average Bonchev–Trinajstić information content (AvgIpc) is 1.99. The fraction of sp³-hybridized carbons (Fsp3) is 0.429. The zero-order chi connectivity index (χ0) is 9.84. The van der Waals surface area contributed by atoms with Crippen LogP contribution in [0.5, 0.6) is 0 Å². The summed E-state index contributed by atoms with van der Waals surface area (Å²) in [5, 5.41) is 2.49. The maximum Gasteiger partial charge on any atom is 0.255 e. The molecule has 1 rings (SSSR count). The normalized spacial score (nSPS) is 10.5. The van der Waals surface area contributed by atoms with Gasteiger partial charge >= 0.3 is 0 Å². The van der Waals surface area contributed by atoms with Crippen molar-refractivity contribution < 1.29 is 8.78 Å². The van der Waals surface area contributed by atoms with Crippen molar-refractivity contribution in [1.29, 1.82) is 0 Å². The minimum Gasteiger partial charge on any atom is -0.364 e. The summed E-state index contributed by atoms with van der Waals surface area (Å²) < 4.78 is 23.6. The summed E-state index contributed by atoms with van der Waals surface area (Å²) in [4.78, 5) is 7.50. The second kappa shape index (κ2) is 4.32. The quantitative estimate of drug-likeness (QED) is 0.772. The second-order valence-corrected chi connectivity index (χ2v) is 2.77. The lowest BCUT2D eigenvalue weighted by Crippen LogP contribution is -2.11. The second-order valence-electron chi connectivity index (χ2n) is 2.44. The van der Waals surface area contributed by atoms with Crippen molar-refractivity contribution in [3.05, 3.63) is 17.0 Å². The summed E-state index contributed by atoms with van der Waals surface area (Å²) in [6, 6.07) is 1.55. The van der Waals surface area contributed by atoms with E-state index in [0.29, 0.717) is 11.5 Å². The number of hydrogen-bond donors (Lipinski definition) is 1. The van der Waals surface area contributed by atoms with E-state index in [4.69, 9.17) is 11.6 Å². The van der Waals surface area contributed by atoms with Gasteiger partial charge in [0.05, 0.1) is 6.54 Å². The molecule has 0 radical (unpaired) electrons. The van der Waals surface area contributed by atoms with Crippen LogP contribution in [0, 0.1) is 6.92 Å². The van der Waals surface area contributed by atoms with E-state index in [9.17, 15) is 8.78 Å². The van der Waals surface area contributed by atoms with Gasteiger partial charge in [-0.3, -0.25) is 0 Å². The van der Waals surface area contributed by atoms with Crippen molar-refractivity contribution in [1.82, 2.24) is 9.97 Å². The van der Waals surface area contributed by atoms with Gasteiger partial charge in [-0.1, -0.05) is 0 Å². The van der Waals surface area contributed by atoms with Gasteiger partial charge in [0.25, 0.3) is 6.43 Å². The Hall–Kier alpha value is -0.970. The Kier molecular flexibility index (Phi) is 3.36. The predicted octanol–water partition coefficient (Wildman–Crippen LogP) is 2.12. The third kappa shape index (κ3) is 3.50. The van der Waals surface area contributed by atoms with Gasteiger partial charge in [0.15, 0.2) is 0 Å². The molecule has 0 aliphatic carbocycles. The standard InChI is InChI=1S/C7H8ClF2N3/c1-4-2-6(11-3-5(9)10)13-7(8)12-4/h2,5H,3H2,1H3,(H,11,12,13). The van der Waals surface area contributed by atoms with Crippen LogP contribution in [0.3, 0.4) is 0 Å². The molecule has 0 unspecified atom stereocenters. The first-order valence-corrected chi connectivity index (χ1v) is 3.99. The molecule has 0 spiro atoms. The molecule has 0 aliphatic heterocycles. The van der Waals surface area contributed by atoms with Crippen LogP contribution in [0.25, 0.3) is 0 Å². The third-order valence-corrected chi connectivity index (χ3v) is 1.43. The van der Waals surface area contributed by atoms with Crippen LogP contribution in [0.4, 0.5) is 14.6 Å². The molecule has 13 heavy (non-hydrogen) atoms. The molecule has 72 valence electrons. The van der Waals surface area contributed by atoms with E-state index in [-0.39, 0.29) is 5.28 Å². The zero-order valence-electron chi connectivity index (χ0n) is 6.89. The summed E-state index contributed by atoms with van der Waals surface area (Å²) in [5.74, 6) is 0.317. The summed E-state index contributed by atoms with van der Waals surface area (Å²) >= 11 is 5.52. The Balaban J connectivity index is 2.66. The largest absolute Gasteiger partial charge is 0.364 e. The molecule has 0 aliphatic rings. The lowest BCUT2D eigenvalue weighted by molar-refractivity contribution is 0.163. The molecule has 1 aromatic heterocycles. The minimum atomic E-state index is -2.41. The lowest BCUT2D eigenvalue weighted by atomic mass is 10.4. The smallest absolute Gasteiger partial charge is 0.255 e. The number of aryl methyl sites for hydroxylation is 1. The summed E-state index contributed by atoms with van der Waals surface area (Å²) in [7, 11) is 0. The Bertz CT molecular complexity index is 273. The van der Waals surface area contributed by atoms with Gasteiger partial charge in [-0.05, 0) is 18.5 Å². The van der Waals surface area contributed by atoms with Gasteiger partial charge in [-0.15, -0.1) is 0 Å². The highest BCUT2D eigenvalue weighted by atomic mass is 35.5. The Morgan fingerprint density at radius 2 is 2.23 bits per heavy atom. The minimum absolute atomic E-state index is 0.0526. The number of aromatic nitrogens is 2. The van der Waals surface area contributed by atoms with E-state index in [2.05, 4.69) is 15.3 Å².